The van der Waals surface area contributed by atoms with Gasteiger partial charge in [-0.05, 0) is 62.8 Å². The molecule has 1 aliphatic heterocycles. The topological polar surface area (TPSA) is 58.4 Å². The standard InChI is InChI=1S/C25H31ClN4O2/c26-19-10-12-20(13-11-19)30-22-9-3-1-2-8-21(22)23(27-30)25(32)29-16-14-28(15-17-29)24(31)18-6-4-5-7-18/h10-13,18H,1-9,14-17H2. The fourth-order valence-electron chi connectivity index (χ4n) is 5.45. The molecule has 5 rings (SSSR count). The van der Waals surface area contributed by atoms with Crippen LogP contribution in [0.3, 0.4) is 0 Å². The Balaban J connectivity index is 1.35. The van der Waals surface area contributed by atoms with Gasteiger partial charge in [0.1, 0.15) is 0 Å². The lowest BCUT2D eigenvalue weighted by Crippen LogP contribution is -2.52. The third kappa shape index (κ3) is 4.17. The maximum Gasteiger partial charge on any atom is 0.274 e. The van der Waals surface area contributed by atoms with Gasteiger partial charge in [0.2, 0.25) is 5.91 Å². The number of aromatic nitrogens is 2. The van der Waals surface area contributed by atoms with E-state index in [1.54, 1.807) is 0 Å². The van der Waals surface area contributed by atoms with Crippen molar-refractivity contribution < 1.29 is 9.59 Å². The zero-order valence-electron chi connectivity index (χ0n) is 18.6. The van der Waals surface area contributed by atoms with Gasteiger partial charge < -0.3 is 9.80 Å². The Morgan fingerprint density at radius 1 is 0.844 bits per heavy atom. The maximum atomic E-state index is 13.5. The Bertz CT molecular complexity index is 986. The summed E-state index contributed by atoms with van der Waals surface area (Å²) >= 11 is 6.08. The van der Waals surface area contributed by atoms with Gasteiger partial charge in [-0.25, -0.2) is 4.68 Å². The van der Waals surface area contributed by atoms with Crippen LogP contribution >= 0.6 is 11.6 Å². The Morgan fingerprint density at radius 2 is 1.50 bits per heavy atom. The quantitative estimate of drug-likeness (QED) is 0.651. The summed E-state index contributed by atoms with van der Waals surface area (Å²) in [5, 5.41) is 5.52. The van der Waals surface area contributed by atoms with Gasteiger partial charge >= 0.3 is 0 Å². The molecule has 2 heterocycles. The van der Waals surface area contributed by atoms with Crippen molar-refractivity contribution in [3.05, 3.63) is 46.2 Å². The number of nitrogens with zero attached hydrogens (tertiary/aromatic N) is 4. The minimum atomic E-state index is 0.00355. The molecule has 1 saturated heterocycles. The zero-order valence-corrected chi connectivity index (χ0v) is 19.3. The first-order valence-electron chi connectivity index (χ1n) is 12.1. The molecule has 0 spiro atoms. The van der Waals surface area contributed by atoms with Gasteiger partial charge in [0.15, 0.2) is 5.69 Å². The third-order valence-corrected chi connectivity index (χ3v) is 7.54. The molecule has 1 aromatic carbocycles. The monoisotopic (exact) mass is 454 g/mol. The Hall–Kier alpha value is -2.34. The molecule has 7 heteroatoms. The van der Waals surface area contributed by atoms with Crippen molar-refractivity contribution in [3.8, 4) is 5.69 Å². The summed E-state index contributed by atoms with van der Waals surface area (Å²) in [6.07, 6.45) is 9.56. The van der Waals surface area contributed by atoms with Gasteiger partial charge in [-0.1, -0.05) is 30.9 Å². The second-order valence-electron chi connectivity index (χ2n) is 9.32. The second kappa shape index (κ2) is 9.26. The van der Waals surface area contributed by atoms with Crippen LogP contribution in [0.5, 0.6) is 0 Å². The van der Waals surface area contributed by atoms with Crippen LogP contribution in [0.4, 0.5) is 0 Å². The molecule has 1 aromatic heterocycles. The van der Waals surface area contributed by atoms with Crippen LogP contribution in [0.1, 0.15) is 66.7 Å². The number of halogens is 1. The molecule has 170 valence electrons. The highest BCUT2D eigenvalue weighted by Crippen LogP contribution is 2.29. The Morgan fingerprint density at radius 3 is 2.22 bits per heavy atom. The molecule has 32 heavy (non-hydrogen) atoms. The lowest BCUT2D eigenvalue weighted by atomic mass is 10.1. The lowest BCUT2D eigenvalue weighted by molar-refractivity contribution is -0.136. The van der Waals surface area contributed by atoms with Gasteiger partial charge in [-0.15, -0.1) is 0 Å². The van der Waals surface area contributed by atoms with E-state index in [1.165, 1.54) is 6.42 Å². The van der Waals surface area contributed by atoms with Crippen molar-refractivity contribution >= 4 is 23.4 Å². The number of piperazine rings is 1. The van der Waals surface area contributed by atoms with E-state index in [0.717, 1.165) is 68.3 Å². The van der Waals surface area contributed by atoms with Gasteiger partial charge in [0.25, 0.3) is 5.91 Å². The first-order chi connectivity index (χ1) is 15.6. The summed E-state index contributed by atoms with van der Waals surface area (Å²) < 4.78 is 1.95. The van der Waals surface area contributed by atoms with E-state index in [2.05, 4.69) is 0 Å². The van der Waals surface area contributed by atoms with E-state index in [4.69, 9.17) is 16.7 Å². The largest absolute Gasteiger partial charge is 0.339 e. The van der Waals surface area contributed by atoms with Crippen LogP contribution in [-0.2, 0) is 17.6 Å². The summed E-state index contributed by atoms with van der Waals surface area (Å²) in [6.45, 7) is 2.42. The van der Waals surface area contributed by atoms with E-state index in [9.17, 15) is 9.59 Å². The van der Waals surface area contributed by atoms with Crippen LogP contribution in [0, 0.1) is 5.92 Å². The summed E-state index contributed by atoms with van der Waals surface area (Å²) in [5.74, 6) is 0.488. The highest BCUT2D eigenvalue weighted by Gasteiger charge is 2.33. The molecule has 6 nitrogen and oxygen atoms in total. The van der Waals surface area contributed by atoms with Gasteiger partial charge in [-0.3, -0.25) is 9.59 Å². The minimum Gasteiger partial charge on any atom is -0.339 e. The molecule has 2 amide bonds. The molecule has 1 saturated carbocycles. The SMILES string of the molecule is O=C(c1nn(-c2ccc(Cl)cc2)c2c1CCCCC2)N1CCN(C(=O)C2CCCC2)CC1. The summed E-state index contributed by atoms with van der Waals surface area (Å²) in [5.41, 5.74) is 3.79. The van der Waals surface area contributed by atoms with Crippen LogP contribution in [0.25, 0.3) is 5.69 Å². The number of fused-ring (bicyclic) bond motifs is 1. The fraction of sp³-hybridized carbons (Fsp3) is 0.560. The number of hydrogen-bond acceptors (Lipinski definition) is 3. The molecule has 0 unspecified atom stereocenters. The van der Waals surface area contributed by atoms with Crippen LogP contribution in [0.15, 0.2) is 24.3 Å². The fourth-order valence-corrected chi connectivity index (χ4v) is 5.58. The van der Waals surface area contributed by atoms with Crippen molar-refractivity contribution in [1.29, 1.82) is 0 Å². The number of carbonyl (C=O) groups is 2. The van der Waals surface area contributed by atoms with Crippen LogP contribution < -0.4 is 0 Å². The highest BCUT2D eigenvalue weighted by atomic mass is 35.5. The number of benzene rings is 1. The van der Waals surface area contributed by atoms with E-state index >= 15 is 0 Å². The maximum absolute atomic E-state index is 13.5. The van der Waals surface area contributed by atoms with Crippen molar-refractivity contribution in [2.24, 2.45) is 5.92 Å². The van der Waals surface area contributed by atoms with E-state index in [-0.39, 0.29) is 17.7 Å². The second-order valence-corrected chi connectivity index (χ2v) is 9.76. The molecule has 2 fully saturated rings. The van der Waals surface area contributed by atoms with Crippen LogP contribution in [-0.4, -0.2) is 57.6 Å². The molecule has 3 aliphatic rings. The summed E-state index contributed by atoms with van der Waals surface area (Å²) in [7, 11) is 0. The smallest absolute Gasteiger partial charge is 0.274 e. The molecule has 2 aromatic rings. The summed E-state index contributed by atoms with van der Waals surface area (Å²) in [4.78, 5) is 30.2. The molecule has 0 N–H and O–H groups in total. The Kier molecular flexibility index (Phi) is 6.22. The minimum absolute atomic E-state index is 0.00355. The lowest BCUT2D eigenvalue weighted by Gasteiger charge is -2.35. The van der Waals surface area contributed by atoms with Crippen molar-refractivity contribution in [3.63, 3.8) is 0 Å². The number of rotatable bonds is 3. The molecule has 2 aliphatic carbocycles. The highest BCUT2D eigenvalue weighted by molar-refractivity contribution is 6.30. The normalized spacial score (nSPS) is 19.7. The molecule has 0 atom stereocenters. The average Bonchev–Trinajstić information content (AvgIpc) is 3.42. The molecule has 0 radical (unpaired) electrons. The van der Waals surface area contributed by atoms with Crippen molar-refractivity contribution in [1.82, 2.24) is 19.6 Å². The number of hydrogen-bond donors (Lipinski definition) is 0. The predicted octanol–water partition coefficient (Wildman–Crippen LogP) is 4.27. The van der Waals surface area contributed by atoms with Gasteiger partial charge in [0.05, 0.1) is 5.69 Å². The summed E-state index contributed by atoms with van der Waals surface area (Å²) in [6, 6.07) is 7.65. The third-order valence-electron chi connectivity index (χ3n) is 7.29. The molecule has 0 bridgehead atoms. The van der Waals surface area contributed by atoms with Crippen molar-refractivity contribution in [2.75, 3.05) is 26.2 Å². The predicted molar refractivity (Wildman–Crippen MR) is 124 cm³/mol. The average molecular weight is 455 g/mol. The Labute approximate surface area is 194 Å². The first-order valence-corrected chi connectivity index (χ1v) is 12.4. The zero-order chi connectivity index (χ0) is 22.1. The number of carbonyl (C=O) groups excluding carboxylic acids is 2. The van der Waals surface area contributed by atoms with Gasteiger partial charge in [0, 0.05) is 48.4 Å². The van der Waals surface area contributed by atoms with Crippen LogP contribution in [0.2, 0.25) is 5.02 Å². The van der Waals surface area contributed by atoms with Gasteiger partial charge in [-0.2, -0.15) is 5.10 Å². The van der Waals surface area contributed by atoms with E-state index in [1.807, 2.05) is 38.7 Å². The number of amides is 2. The van der Waals surface area contributed by atoms with E-state index < -0.39 is 0 Å². The molecular weight excluding hydrogens is 424 g/mol. The molecular formula is C25H31ClN4O2. The van der Waals surface area contributed by atoms with Crippen molar-refractivity contribution in [2.45, 2.75) is 57.8 Å². The van der Waals surface area contributed by atoms with E-state index in [0.29, 0.717) is 36.9 Å². The first kappa shape index (κ1) is 21.5.